The van der Waals surface area contributed by atoms with E-state index >= 15 is 0 Å². The Labute approximate surface area is 224 Å². The Hall–Kier alpha value is -3.18. The van der Waals surface area contributed by atoms with E-state index in [0.717, 1.165) is 17.2 Å². The van der Waals surface area contributed by atoms with Crippen molar-refractivity contribution in [3.63, 3.8) is 0 Å². The minimum atomic E-state index is -0.641. The van der Waals surface area contributed by atoms with Gasteiger partial charge in [0.2, 0.25) is 0 Å². The molecule has 3 atom stereocenters. The first-order chi connectivity index (χ1) is 18.6. The van der Waals surface area contributed by atoms with Gasteiger partial charge in [-0.2, -0.15) is 0 Å². The zero-order valence-electron chi connectivity index (χ0n) is 21.6. The first kappa shape index (κ1) is 31.0. The molecule has 9 nitrogen and oxygen atoms in total. The van der Waals surface area contributed by atoms with Crippen molar-refractivity contribution in [3.05, 3.63) is 91.0 Å². The fraction of sp³-hybridized carbons (Fsp3) is 0.379. The Morgan fingerprint density at radius 3 is 1.13 bits per heavy atom. The molecule has 0 aliphatic heterocycles. The van der Waals surface area contributed by atoms with E-state index in [1.54, 1.807) is 0 Å². The molecule has 3 rings (SSSR count). The summed E-state index contributed by atoms with van der Waals surface area (Å²) in [6.45, 7) is 2.33. The zero-order chi connectivity index (χ0) is 27.3. The highest BCUT2D eigenvalue weighted by Crippen LogP contribution is 2.10. The Kier molecular flexibility index (Phi) is 16.2. The van der Waals surface area contributed by atoms with Crippen molar-refractivity contribution in [2.75, 3.05) is 52.6 Å². The van der Waals surface area contributed by atoms with E-state index in [0.29, 0.717) is 26.2 Å². The Morgan fingerprint density at radius 1 is 0.500 bits per heavy atom. The molecule has 0 saturated carbocycles. The molecule has 0 amide bonds. The summed E-state index contributed by atoms with van der Waals surface area (Å²) < 4.78 is 16.3. The van der Waals surface area contributed by atoms with Gasteiger partial charge >= 0.3 is 0 Å². The van der Waals surface area contributed by atoms with Crippen molar-refractivity contribution < 1.29 is 34.6 Å². The first-order valence-electron chi connectivity index (χ1n) is 12.7. The lowest BCUT2D eigenvalue weighted by Crippen LogP contribution is -2.37. The number of benzene rings is 3. The van der Waals surface area contributed by atoms with Crippen molar-refractivity contribution in [2.45, 2.75) is 18.3 Å². The number of para-hydroxylation sites is 3. The maximum Gasteiger partial charge on any atom is 0.119 e. The van der Waals surface area contributed by atoms with Gasteiger partial charge in [0.15, 0.2) is 0 Å². The molecule has 3 aromatic carbocycles. The highest BCUT2D eigenvalue weighted by atomic mass is 16.5. The van der Waals surface area contributed by atoms with Crippen LogP contribution in [0.2, 0.25) is 0 Å². The predicted molar refractivity (Wildman–Crippen MR) is 147 cm³/mol. The highest BCUT2D eigenvalue weighted by Gasteiger charge is 2.09. The number of ether oxygens (including phenoxy) is 3. The standard InChI is InChI=1S/C18H23NO4.C11H17NO3/c20-15(13-22-17-7-3-1-4-8-17)11-19-12-16(21)14-23-18-9-5-2-6-10-18;13-7-6-12-8-10(14)9-15-11-4-2-1-3-5-11/h1-10,15-16,19-21H,11-14H2;1-5,10,12-14H,6-9H2. The molecular formula is C29H40N2O7. The second-order valence-corrected chi connectivity index (χ2v) is 8.42. The lowest BCUT2D eigenvalue weighted by molar-refractivity contribution is 0.0858. The molecule has 208 valence electrons. The third-order valence-corrected chi connectivity index (χ3v) is 4.99. The molecule has 0 spiro atoms. The van der Waals surface area contributed by atoms with Gasteiger partial charge in [0.25, 0.3) is 0 Å². The highest BCUT2D eigenvalue weighted by molar-refractivity contribution is 5.22. The van der Waals surface area contributed by atoms with E-state index in [1.165, 1.54) is 0 Å². The lowest BCUT2D eigenvalue weighted by atomic mass is 10.3. The van der Waals surface area contributed by atoms with Gasteiger partial charge in [-0.15, -0.1) is 0 Å². The van der Waals surface area contributed by atoms with Crippen LogP contribution in [0, 0.1) is 0 Å². The van der Waals surface area contributed by atoms with Crippen molar-refractivity contribution in [1.82, 2.24) is 10.6 Å². The zero-order valence-corrected chi connectivity index (χ0v) is 21.6. The van der Waals surface area contributed by atoms with Crippen LogP contribution in [-0.4, -0.2) is 91.3 Å². The summed E-state index contributed by atoms with van der Waals surface area (Å²) in [7, 11) is 0. The topological polar surface area (TPSA) is 133 Å². The fourth-order valence-electron chi connectivity index (χ4n) is 3.07. The van der Waals surface area contributed by atoms with Crippen LogP contribution in [0.4, 0.5) is 0 Å². The van der Waals surface area contributed by atoms with Crippen LogP contribution in [0.15, 0.2) is 91.0 Å². The number of hydrogen-bond acceptors (Lipinski definition) is 9. The van der Waals surface area contributed by atoms with E-state index in [-0.39, 0.29) is 26.4 Å². The monoisotopic (exact) mass is 528 g/mol. The van der Waals surface area contributed by atoms with E-state index in [1.807, 2.05) is 91.0 Å². The molecule has 3 aromatic rings. The molecule has 0 saturated heterocycles. The maximum absolute atomic E-state index is 9.83. The van der Waals surface area contributed by atoms with Crippen LogP contribution in [0.5, 0.6) is 17.2 Å². The molecule has 38 heavy (non-hydrogen) atoms. The van der Waals surface area contributed by atoms with Gasteiger partial charge < -0.3 is 45.3 Å². The van der Waals surface area contributed by atoms with Crippen LogP contribution < -0.4 is 24.8 Å². The molecule has 0 bridgehead atoms. The molecule has 0 radical (unpaired) electrons. The Bertz CT molecular complexity index is 886. The van der Waals surface area contributed by atoms with E-state index in [9.17, 15) is 15.3 Å². The molecule has 0 aromatic heterocycles. The molecule has 0 heterocycles. The first-order valence-corrected chi connectivity index (χ1v) is 12.7. The number of aliphatic hydroxyl groups excluding tert-OH is 4. The smallest absolute Gasteiger partial charge is 0.119 e. The lowest BCUT2D eigenvalue weighted by Gasteiger charge is -2.16. The Morgan fingerprint density at radius 2 is 0.816 bits per heavy atom. The van der Waals surface area contributed by atoms with E-state index in [4.69, 9.17) is 19.3 Å². The molecule has 3 unspecified atom stereocenters. The SMILES string of the molecule is OC(CNCC(O)COc1ccccc1)COc1ccccc1.OCCNCC(O)COc1ccccc1. The molecule has 0 aliphatic carbocycles. The second-order valence-electron chi connectivity index (χ2n) is 8.42. The number of rotatable bonds is 17. The molecule has 0 aliphatic rings. The predicted octanol–water partition coefficient (Wildman–Crippen LogP) is 1.46. The van der Waals surface area contributed by atoms with Gasteiger partial charge in [-0.25, -0.2) is 0 Å². The summed E-state index contributed by atoms with van der Waals surface area (Å²) in [5.74, 6) is 2.20. The van der Waals surface area contributed by atoms with Gasteiger partial charge in [0.05, 0.1) is 6.61 Å². The minimum Gasteiger partial charge on any atom is -0.491 e. The van der Waals surface area contributed by atoms with Crippen molar-refractivity contribution in [2.24, 2.45) is 0 Å². The van der Waals surface area contributed by atoms with Crippen LogP contribution >= 0.6 is 0 Å². The third-order valence-electron chi connectivity index (χ3n) is 4.99. The Balaban J connectivity index is 0.000000293. The minimum absolute atomic E-state index is 0.0757. The van der Waals surface area contributed by atoms with Gasteiger partial charge in [-0.05, 0) is 36.4 Å². The molecular weight excluding hydrogens is 488 g/mol. The van der Waals surface area contributed by atoms with Crippen LogP contribution in [0.3, 0.4) is 0 Å². The van der Waals surface area contributed by atoms with Gasteiger partial charge in [-0.3, -0.25) is 0 Å². The summed E-state index contributed by atoms with van der Waals surface area (Å²) in [5, 5.41) is 43.5. The quantitative estimate of drug-likeness (QED) is 0.144. The summed E-state index contributed by atoms with van der Waals surface area (Å²) in [4.78, 5) is 0. The number of nitrogens with one attached hydrogen (secondary N) is 2. The van der Waals surface area contributed by atoms with Crippen molar-refractivity contribution >= 4 is 0 Å². The third kappa shape index (κ3) is 15.2. The largest absolute Gasteiger partial charge is 0.491 e. The van der Waals surface area contributed by atoms with E-state index < -0.39 is 18.3 Å². The summed E-state index contributed by atoms with van der Waals surface area (Å²) in [5.41, 5.74) is 0. The van der Waals surface area contributed by atoms with Gasteiger partial charge in [0.1, 0.15) is 55.4 Å². The summed E-state index contributed by atoms with van der Waals surface area (Å²) in [6.07, 6.45) is -1.84. The normalized spacial score (nSPS) is 12.9. The van der Waals surface area contributed by atoms with Crippen LogP contribution in [0.1, 0.15) is 0 Å². The fourth-order valence-corrected chi connectivity index (χ4v) is 3.07. The average Bonchev–Trinajstić information content (AvgIpc) is 2.96. The molecule has 9 heteroatoms. The van der Waals surface area contributed by atoms with Crippen molar-refractivity contribution in [1.29, 1.82) is 0 Å². The summed E-state index contributed by atoms with van der Waals surface area (Å²) in [6, 6.07) is 28.0. The van der Waals surface area contributed by atoms with Crippen LogP contribution in [-0.2, 0) is 0 Å². The number of hydrogen-bond donors (Lipinski definition) is 6. The molecule has 6 N–H and O–H groups in total. The summed E-state index contributed by atoms with van der Waals surface area (Å²) >= 11 is 0. The maximum atomic E-state index is 9.83. The van der Waals surface area contributed by atoms with Gasteiger partial charge in [-0.1, -0.05) is 54.6 Å². The van der Waals surface area contributed by atoms with Gasteiger partial charge in [0, 0.05) is 26.2 Å². The van der Waals surface area contributed by atoms with Crippen LogP contribution in [0.25, 0.3) is 0 Å². The van der Waals surface area contributed by atoms with E-state index in [2.05, 4.69) is 10.6 Å². The number of aliphatic hydroxyl groups is 4. The van der Waals surface area contributed by atoms with Crippen molar-refractivity contribution in [3.8, 4) is 17.2 Å². The second kappa shape index (κ2) is 19.9. The molecule has 0 fully saturated rings. The average molecular weight is 529 g/mol.